The number of rotatable bonds is 8. The molecule has 146 valence electrons. The summed E-state index contributed by atoms with van der Waals surface area (Å²) in [6.45, 7) is 1.34. The number of likely N-dealkylation sites (N-methyl/N-ethyl adjacent to an activating group) is 1. The molecule has 1 aromatic carbocycles. The van der Waals surface area contributed by atoms with E-state index in [0.717, 1.165) is 18.0 Å². The van der Waals surface area contributed by atoms with Gasteiger partial charge in [0.05, 0.1) is 20.8 Å². The van der Waals surface area contributed by atoms with Crippen molar-refractivity contribution in [2.45, 2.75) is 44.7 Å². The van der Waals surface area contributed by atoms with Crippen LogP contribution in [0.1, 0.15) is 37.7 Å². The Labute approximate surface area is 157 Å². The van der Waals surface area contributed by atoms with Crippen LogP contribution in [0.5, 0.6) is 11.5 Å². The highest BCUT2D eigenvalue weighted by molar-refractivity contribution is 5.77. The van der Waals surface area contributed by atoms with Crippen molar-refractivity contribution in [3.05, 3.63) is 23.8 Å². The minimum absolute atomic E-state index is 0.488. The summed E-state index contributed by atoms with van der Waals surface area (Å²) in [6.07, 6.45) is 6.69. The van der Waals surface area contributed by atoms with Crippen LogP contribution in [0, 0.1) is 5.92 Å². The van der Waals surface area contributed by atoms with Gasteiger partial charge in [0.1, 0.15) is 0 Å². The van der Waals surface area contributed by atoms with Gasteiger partial charge >= 0.3 is 0 Å². The Hall–Kier alpha value is -1.95. The third-order valence-corrected chi connectivity index (χ3v) is 5.23. The number of nitrogens with two attached hydrogens (primary N) is 1. The van der Waals surface area contributed by atoms with Gasteiger partial charge in [-0.05, 0) is 50.6 Å². The number of nitrogens with zero attached hydrogens (tertiary/aromatic N) is 2. The van der Waals surface area contributed by atoms with Crippen molar-refractivity contribution in [2.24, 2.45) is 16.6 Å². The highest BCUT2D eigenvalue weighted by atomic mass is 16.5. The summed E-state index contributed by atoms with van der Waals surface area (Å²) in [7, 11) is 7.56. The molecule has 2 rings (SSSR count). The summed E-state index contributed by atoms with van der Waals surface area (Å²) in [6, 6.07) is 6.28. The van der Waals surface area contributed by atoms with Gasteiger partial charge in [-0.25, -0.2) is 4.99 Å². The summed E-state index contributed by atoms with van der Waals surface area (Å²) >= 11 is 0. The van der Waals surface area contributed by atoms with Crippen LogP contribution in [-0.4, -0.2) is 51.8 Å². The second-order valence-electron chi connectivity index (χ2n) is 7.20. The number of hydrogen-bond donors (Lipinski definition) is 2. The Balaban J connectivity index is 1.90. The van der Waals surface area contributed by atoms with Crippen LogP contribution in [0.3, 0.4) is 0 Å². The van der Waals surface area contributed by atoms with Crippen LogP contribution in [0.15, 0.2) is 23.2 Å². The molecule has 0 spiro atoms. The summed E-state index contributed by atoms with van der Waals surface area (Å²) < 4.78 is 10.6. The van der Waals surface area contributed by atoms with Crippen LogP contribution in [0.4, 0.5) is 0 Å². The lowest BCUT2D eigenvalue weighted by Gasteiger charge is -2.35. The van der Waals surface area contributed by atoms with E-state index in [0.29, 0.717) is 30.0 Å². The normalized spacial score (nSPS) is 17.2. The zero-order valence-electron chi connectivity index (χ0n) is 16.6. The number of aliphatic imine (C=N–C) groups is 1. The predicted octanol–water partition coefficient (Wildman–Crippen LogP) is 2.62. The van der Waals surface area contributed by atoms with Crippen molar-refractivity contribution < 1.29 is 9.47 Å². The number of benzene rings is 1. The van der Waals surface area contributed by atoms with Crippen LogP contribution >= 0.6 is 0 Å². The number of nitrogens with one attached hydrogen (secondary N) is 1. The first kappa shape index (κ1) is 20.4. The Kier molecular flexibility index (Phi) is 8.04. The molecule has 1 aliphatic rings. The fourth-order valence-corrected chi connectivity index (χ4v) is 3.71. The molecule has 1 atom stereocenters. The first-order valence-corrected chi connectivity index (χ1v) is 9.46. The molecular formula is C20H34N4O2. The number of ether oxygens (including phenoxy) is 2. The average molecular weight is 363 g/mol. The maximum absolute atomic E-state index is 6.09. The molecule has 0 bridgehead atoms. The molecule has 1 saturated carbocycles. The van der Waals surface area contributed by atoms with E-state index in [9.17, 15) is 0 Å². The van der Waals surface area contributed by atoms with E-state index in [-0.39, 0.29) is 0 Å². The van der Waals surface area contributed by atoms with Crippen LogP contribution < -0.4 is 20.5 Å². The minimum atomic E-state index is 0.488. The van der Waals surface area contributed by atoms with Crippen LogP contribution in [0.2, 0.25) is 0 Å². The molecule has 0 aromatic heterocycles. The minimum Gasteiger partial charge on any atom is -0.493 e. The molecule has 0 amide bonds. The average Bonchev–Trinajstić information content (AvgIpc) is 2.66. The largest absolute Gasteiger partial charge is 0.493 e. The molecule has 6 nitrogen and oxygen atoms in total. The Morgan fingerprint density at radius 1 is 1.19 bits per heavy atom. The van der Waals surface area contributed by atoms with Gasteiger partial charge < -0.3 is 25.4 Å². The first-order valence-electron chi connectivity index (χ1n) is 9.46. The summed E-state index contributed by atoms with van der Waals surface area (Å²) in [5.74, 6) is 2.65. The van der Waals surface area contributed by atoms with E-state index < -0.39 is 0 Å². The zero-order valence-corrected chi connectivity index (χ0v) is 16.6. The molecule has 26 heavy (non-hydrogen) atoms. The van der Waals surface area contributed by atoms with Crippen LogP contribution in [0.25, 0.3) is 0 Å². The number of hydrogen-bond acceptors (Lipinski definition) is 4. The van der Waals surface area contributed by atoms with Crippen molar-refractivity contribution >= 4 is 5.96 Å². The van der Waals surface area contributed by atoms with Gasteiger partial charge in [-0.1, -0.05) is 25.3 Å². The van der Waals surface area contributed by atoms with E-state index >= 15 is 0 Å². The smallest absolute Gasteiger partial charge is 0.188 e. The molecule has 0 aliphatic heterocycles. The Bertz CT molecular complexity index is 583. The lowest BCUT2D eigenvalue weighted by molar-refractivity contribution is 0.171. The predicted molar refractivity (Wildman–Crippen MR) is 107 cm³/mol. The van der Waals surface area contributed by atoms with E-state index in [4.69, 9.17) is 15.2 Å². The quantitative estimate of drug-likeness (QED) is 0.549. The Morgan fingerprint density at radius 2 is 1.88 bits per heavy atom. The molecule has 1 aliphatic carbocycles. The molecular weight excluding hydrogens is 328 g/mol. The second kappa shape index (κ2) is 10.3. The van der Waals surface area contributed by atoms with E-state index in [1.807, 2.05) is 18.2 Å². The van der Waals surface area contributed by atoms with Crippen molar-refractivity contribution in [1.29, 1.82) is 0 Å². The lowest BCUT2D eigenvalue weighted by Crippen LogP contribution is -2.47. The van der Waals surface area contributed by atoms with Gasteiger partial charge in [0, 0.05) is 12.6 Å². The van der Waals surface area contributed by atoms with E-state index in [2.05, 4.69) is 29.3 Å². The van der Waals surface area contributed by atoms with Crippen LogP contribution in [-0.2, 0) is 6.54 Å². The molecule has 1 unspecified atom stereocenters. The maximum atomic E-state index is 6.09. The highest BCUT2D eigenvalue weighted by Crippen LogP contribution is 2.28. The van der Waals surface area contributed by atoms with Gasteiger partial charge in [-0.15, -0.1) is 0 Å². The summed E-state index contributed by atoms with van der Waals surface area (Å²) in [5, 5.41) is 3.31. The SMILES string of the molecule is COc1ccc(CN=C(N)NCC(C2CCCCC2)N(C)C)cc1OC. The topological polar surface area (TPSA) is 72.1 Å². The maximum Gasteiger partial charge on any atom is 0.188 e. The monoisotopic (exact) mass is 362 g/mol. The fraction of sp³-hybridized carbons (Fsp3) is 0.650. The molecule has 0 heterocycles. The molecule has 3 N–H and O–H groups in total. The molecule has 1 fully saturated rings. The van der Waals surface area contributed by atoms with Gasteiger partial charge in [0.2, 0.25) is 0 Å². The third kappa shape index (κ3) is 5.80. The van der Waals surface area contributed by atoms with E-state index in [1.54, 1.807) is 14.2 Å². The lowest BCUT2D eigenvalue weighted by atomic mass is 9.83. The molecule has 1 aromatic rings. The van der Waals surface area contributed by atoms with Gasteiger partial charge in [-0.3, -0.25) is 0 Å². The van der Waals surface area contributed by atoms with Gasteiger partial charge in [-0.2, -0.15) is 0 Å². The zero-order chi connectivity index (χ0) is 18.9. The molecule has 6 heteroatoms. The van der Waals surface area contributed by atoms with Gasteiger partial charge in [0.25, 0.3) is 0 Å². The fourth-order valence-electron chi connectivity index (χ4n) is 3.71. The van der Waals surface area contributed by atoms with Crippen molar-refractivity contribution in [3.8, 4) is 11.5 Å². The number of methoxy groups -OCH3 is 2. The van der Waals surface area contributed by atoms with E-state index in [1.165, 1.54) is 32.1 Å². The summed E-state index contributed by atoms with van der Waals surface area (Å²) in [4.78, 5) is 6.78. The number of guanidine groups is 1. The van der Waals surface area contributed by atoms with Gasteiger partial charge in [0.15, 0.2) is 17.5 Å². The van der Waals surface area contributed by atoms with Crippen molar-refractivity contribution in [1.82, 2.24) is 10.2 Å². The first-order chi connectivity index (χ1) is 12.5. The highest BCUT2D eigenvalue weighted by Gasteiger charge is 2.25. The second-order valence-corrected chi connectivity index (χ2v) is 7.20. The summed E-state index contributed by atoms with van der Waals surface area (Å²) in [5.41, 5.74) is 7.12. The van der Waals surface area contributed by atoms with Crippen molar-refractivity contribution in [2.75, 3.05) is 34.9 Å². The Morgan fingerprint density at radius 3 is 2.50 bits per heavy atom. The standard InChI is InChI=1S/C20H34N4O2/c1-24(2)17(16-8-6-5-7-9-16)14-23-20(21)22-13-15-10-11-18(25-3)19(12-15)26-4/h10-12,16-17H,5-9,13-14H2,1-4H3,(H3,21,22,23). The molecule has 0 saturated heterocycles. The molecule has 0 radical (unpaired) electrons. The third-order valence-electron chi connectivity index (χ3n) is 5.23. The van der Waals surface area contributed by atoms with Crippen molar-refractivity contribution in [3.63, 3.8) is 0 Å².